The lowest BCUT2D eigenvalue weighted by Gasteiger charge is -2.06. The molecule has 100 valence electrons. The molecule has 0 saturated carbocycles. The number of halogens is 1. The van der Waals surface area contributed by atoms with Gasteiger partial charge < -0.3 is 5.11 Å². The molecular weight excluding hydrogens is 330 g/mol. The smallest absolute Gasteiger partial charge is 0.313 e. The van der Waals surface area contributed by atoms with Crippen LogP contribution in [0.25, 0.3) is 11.2 Å². The number of carbonyl (C=O) groups is 1. The van der Waals surface area contributed by atoms with Crippen LogP contribution in [0.2, 0.25) is 0 Å². The van der Waals surface area contributed by atoms with Crippen molar-refractivity contribution in [1.82, 2.24) is 14.5 Å². The highest BCUT2D eigenvalue weighted by Gasteiger charge is 2.15. The van der Waals surface area contributed by atoms with Crippen molar-refractivity contribution in [3.63, 3.8) is 0 Å². The summed E-state index contributed by atoms with van der Waals surface area (Å²) in [5, 5.41) is 9.42. The fourth-order valence-electron chi connectivity index (χ4n) is 1.67. The highest BCUT2D eigenvalue weighted by atomic mass is 79.9. The Labute approximate surface area is 122 Å². The van der Waals surface area contributed by atoms with Crippen LogP contribution in [0.1, 0.15) is 5.56 Å². The Morgan fingerprint density at radius 1 is 1.63 bits per heavy atom. The molecule has 7 heteroatoms. The fourth-order valence-corrected chi connectivity index (χ4v) is 2.63. The quantitative estimate of drug-likeness (QED) is 0.847. The molecule has 2 heterocycles. The molecule has 0 aliphatic carbocycles. The summed E-state index contributed by atoms with van der Waals surface area (Å²) < 4.78 is 2.65. The molecule has 0 atom stereocenters. The lowest BCUT2D eigenvalue weighted by molar-refractivity contribution is -0.133. The van der Waals surface area contributed by atoms with Gasteiger partial charge >= 0.3 is 5.97 Å². The summed E-state index contributed by atoms with van der Waals surface area (Å²) in [7, 11) is 0. The summed E-state index contributed by atoms with van der Waals surface area (Å²) in [5.74, 6) is -0.900. The van der Waals surface area contributed by atoms with Crippen molar-refractivity contribution in [3.8, 4) is 0 Å². The summed E-state index contributed by atoms with van der Waals surface area (Å²) in [6.45, 7) is 6.27. The van der Waals surface area contributed by atoms with Gasteiger partial charge in [0.1, 0.15) is 5.52 Å². The topological polar surface area (TPSA) is 68.0 Å². The van der Waals surface area contributed by atoms with Crippen LogP contribution in [0.15, 0.2) is 28.5 Å². The number of aromatic nitrogens is 3. The number of imidazole rings is 1. The molecule has 0 aliphatic rings. The van der Waals surface area contributed by atoms with E-state index in [4.69, 9.17) is 5.11 Å². The van der Waals surface area contributed by atoms with Crippen molar-refractivity contribution >= 4 is 44.8 Å². The molecule has 19 heavy (non-hydrogen) atoms. The van der Waals surface area contributed by atoms with Crippen LogP contribution in [0.5, 0.6) is 0 Å². The van der Waals surface area contributed by atoms with Crippen LogP contribution < -0.4 is 0 Å². The van der Waals surface area contributed by atoms with Gasteiger partial charge in [-0.1, -0.05) is 34.3 Å². The Kier molecular flexibility index (Phi) is 4.26. The van der Waals surface area contributed by atoms with E-state index in [0.29, 0.717) is 11.7 Å². The van der Waals surface area contributed by atoms with E-state index in [1.165, 1.54) is 11.8 Å². The number of carboxylic acid groups (broad SMARTS) is 1. The summed E-state index contributed by atoms with van der Waals surface area (Å²) in [5.41, 5.74) is 2.55. The summed E-state index contributed by atoms with van der Waals surface area (Å²) in [6, 6.07) is 1.88. The second-order valence-corrected chi connectivity index (χ2v) is 6.04. The van der Waals surface area contributed by atoms with Gasteiger partial charge in [-0.05, 0) is 18.6 Å². The molecule has 0 saturated heterocycles. The summed E-state index contributed by atoms with van der Waals surface area (Å²) in [6.07, 6.45) is 1.72. The number of carboxylic acids is 1. The largest absolute Gasteiger partial charge is 0.481 e. The summed E-state index contributed by atoms with van der Waals surface area (Å²) in [4.78, 5) is 19.5. The number of hydrogen-bond donors (Lipinski definition) is 1. The molecule has 0 radical (unpaired) electrons. The SMILES string of the molecule is C=C(Br)Cn1c(SCC(=O)O)nc2c(C)ccnc21. The number of thioether (sulfide) groups is 1. The molecule has 0 bridgehead atoms. The van der Waals surface area contributed by atoms with Gasteiger partial charge in [0.05, 0.1) is 12.3 Å². The van der Waals surface area contributed by atoms with Crippen LogP contribution >= 0.6 is 27.7 Å². The number of rotatable bonds is 5. The van der Waals surface area contributed by atoms with Gasteiger partial charge in [0.25, 0.3) is 0 Å². The zero-order valence-corrected chi connectivity index (χ0v) is 12.7. The number of allylic oxidation sites excluding steroid dienone is 1. The molecule has 2 aromatic heterocycles. The molecule has 0 spiro atoms. The second-order valence-electron chi connectivity index (χ2n) is 3.98. The average molecular weight is 342 g/mol. The number of aliphatic carboxylic acids is 1. The van der Waals surface area contributed by atoms with E-state index in [9.17, 15) is 4.79 Å². The Morgan fingerprint density at radius 3 is 3.00 bits per heavy atom. The lowest BCUT2D eigenvalue weighted by atomic mass is 10.3. The van der Waals surface area contributed by atoms with Crippen molar-refractivity contribution in [2.24, 2.45) is 0 Å². The molecule has 0 aromatic carbocycles. The van der Waals surface area contributed by atoms with Gasteiger partial charge in [-0.2, -0.15) is 0 Å². The van der Waals surface area contributed by atoms with Crippen LogP contribution in [-0.2, 0) is 11.3 Å². The van der Waals surface area contributed by atoms with Crippen molar-refractivity contribution in [2.75, 3.05) is 5.75 Å². The van der Waals surface area contributed by atoms with Crippen LogP contribution in [0, 0.1) is 6.92 Å². The first kappa shape index (κ1) is 14.1. The molecule has 0 aliphatic heterocycles. The van der Waals surface area contributed by atoms with Gasteiger partial charge in [0.2, 0.25) is 0 Å². The van der Waals surface area contributed by atoms with Crippen molar-refractivity contribution in [3.05, 3.63) is 28.9 Å². The van der Waals surface area contributed by atoms with E-state index in [1.807, 2.05) is 17.6 Å². The third-order valence-electron chi connectivity index (χ3n) is 2.46. The van der Waals surface area contributed by atoms with Crippen molar-refractivity contribution in [1.29, 1.82) is 0 Å². The predicted molar refractivity (Wildman–Crippen MR) is 78.7 cm³/mol. The molecule has 5 nitrogen and oxygen atoms in total. The van der Waals surface area contributed by atoms with E-state index in [0.717, 1.165) is 21.2 Å². The monoisotopic (exact) mass is 341 g/mol. The lowest BCUT2D eigenvalue weighted by Crippen LogP contribution is -2.04. The molecule has 2 aromatic rings. The van der Waals surface area contributed by atoms with Gasteiger partial charge in [-0.3, -0.25) is 9.36 Å². The Morgan fingerprint density at radius 2 is 2.37 bits per heavy atom. The third-order valence-corrected chi connectivity index (χ3v) is 3.67. The molecule has 0 unspecified atom stereocenters. The van der Waals surface area contributed by atoms with Gasteiger partial charge in [0.15, 0.2) is 10.8 Å². The maximum Gasteiger partial charge on any atom is 0.313 e. The van der Waals surface area contributed by atoms with Gasteiger partial charge in [-0.25, -0.2) is 9.97 Å². The standard InChI is InChI=1S/C12H12BrN3O2S/c1-7-3-4-14-11-10(7)15-12(19-6-9(17)18)16(11)5-8(2)13/h3-4H,2,5-6H2,1H3,(H,17,18). The number of pyridine rings is 1. The van der Waals surface area contributed by atoms with Crippen molar-refractivity contribution in [2.45, 2.75) is 18.6 Å². The maximum atomic E-state index is 10.7. The van der Waals surface area contributed by atoms with E-state index in [2.05, 4.69) is 32.5 Å². The molecular formula is C12H12BrN3O2S. The average Bonchev–Trinajstić information content (AvgIpc) is 2.66. The predicted octanol–water partition coefficient (Wildman–Crippen LogP) is 2.83. The van der Waals surface area contributed by atoms with Gasteiger partial charge in [0, 0.05) is 10.7 Å². The van der Waals surface area contributed by atoms with E-state index >= 15 is 0 Å². The number of nitrogens with zero attached hydrogens (tertiary/aromatic N) is 3. The summed E-state index contributed by atoms with van der Waals surface area (Å²) >= 11 is 4.50. The van der Waals surface area contributed by atoms with E-state index in [-0.39, 0.29) is 5.75 Å². The van der Waals surface area contributed by atoms with Crippen LogP contribution in [0.3, 0.4) is 0 Å². The highest BCUT2D eigenvalue weighted by Crippen LogP contribution is 2.26. The zero-order chi connectivity index (χ0) is 14.0. The van der Waals surface area contributed by atoms with Gasteiger partial charge in [-0.15, -0.1) is 0 Å². The molecule has 0 fully saturated rings. The number of fused-ring (bicyclic) bond motifs is 1. The minimum Gasteiger partial charge on any atom is -0.481 e. The molecule has 0 amide bonds. The maximum absolute atomic E-state index is 10.7. The second kappa shape index (κ2) is 5.75. The van der Waals surface area contributed by atoms with Crippen molar-refractivity contribution < 1.29 is 9.90 Å². The molecule has 1 N–H and O–H groups in total. The van der Waals surface area contributed by atoms with E-state index < -0.39 is 5.97 Å². The fraction of sp³-hybridized carbons (Fsp3) is 0.250. The Bertz CT molecular complexity index is 654. The minimum absolute atomic E-state index is 0.0306. The minimum atomic E-state index is -0.869. The van der Waals surface area contributed by atoms with Crippen LogP contribution in [0.4, 0.5) is 0 Å². The van der Waals surface area contributed by atoms with Crippen LogP contribution in [-0.4, -0.2) is 31.4 Å². The molecule has 2 rings (SSSR count). The third kappa shape index (κ3) is 3.16. The Balaban J connectivity index is 2.50. The zero-order valence-electron chi connectivity index (χ0n) is 10.3. The number of hydrogen-bond acceptors (Lipinski definition) is 4. The normalized spacial score (nSPS) is 10.8. The Hall–Kier alpha value is -1.34. The number of aryl methyl sites for hydroxylation is 1. The van der Waals surface area contributed by atoms with E-state index in [1.54, 1.807) is 6.20 Å². The first-order chi connectivity index (χ1) is 8.99. The first-order valence-electron chi connectivity index (χ1n) is 5.48. The highest BCUT2D eigenvalue weighted by molar-refractivity contribution is 9.11. The first-order valence-corrected chi connectivity index (χ1v) is 7.26.